The van der Waals surface area contributed by atoms with Crippen LogP contribution in [0.5, 0.6) is 5.19 Å². The summed E-state index contributed by atoms with van der Waals surface area (Å²) in [4.78, 5) is 36.2. The van der Waals surface area contributed by atoms with Crippen molar-refractivity contribution >= 4 is 23.5 Å². The highest BCUT2D eigenvalue weighted by Gasteiger charge is 2.28. The van der Waals surface area contributed by atoms with Gasteiger partial charge >= 0.3 is 6.18 Å². The Labute approximate surface area is 218 Å². The van der Waals surface area contributed by atoms with Crippen molar-refractivity contribution in [2.75, 3.05) is 26.2 Å². The van der Waals surface area contributed by atoms with E-state index in [0.717, 1.165) is 75.2 Å². The van der Waals surface area contributed by atoms with Crippen LogP contribution < -0.4 is 10.3 Å². The zero-order valence-corrected chi connectivity index (χ0v) is 21.8. The number of halogens is 3. The van der Waals surface area contributed by atoms with Crippen LogP contribution in [0.15, 0.2) is 28.0 Å². The molecule has 0 atom stereocenters. The summed E-state index contributed by atoms with van der Waals surface area (Å²) in [5.74, 6) is 0.555. The van der Waals surface area contributed by atoms with E-state index < -0.39 is 12.6 Å². The molecule has 37 heavy (non-hydrogen) atoms. The number of nitrogens with zero attached hydrogens (tertiary/aromatic N) is 4. The summed E-state index contributed by atoms with van der Waals surface area (Å²) in [7, 11) is 1.57. The van der Waals surface area contributed by atoms with Crippen LogP contribution in [0.3, 0.4) is 0 Å². The average molecular weight is 539 g/mol. The normalized spacial score (nSPS) is 21.1. The molecule has 0 unspecified atom stereocenters. The van der Waals surface area contributed by atoms with E-state index >= 15 is 0 Å². The number of thiazole rings is 1. The van der Waals surface area contributed by atoms with Gasteiger partial charge in [-0.1, -0.05) is 17.4 Å². The molecule has 0 N–H and O–H groups in total. The molecule has 1 saturated carbocycles. The minimum Gasteiger partial charge on any atom is -0.470 e. The summed E-state index contributed by atoms with van der Waals surface area (Å²) in [6.45, 7) is 2.45. The van der Waals surface area contributed by atoms with Crippen molar-refractivity contribution < 1.29 is 22.7 Å². The van der Waals surface area contributed by atoms with E-state index in [-0.39, 0.29) is 24.0 Å². The molecule has 202 valence electrons. The molecule has 0 aromatic carbocycles. The van der Waals surface area contributed by atoms with E-state index in [9.17, 15) is 22.8 Å². The van der Waals surface area contributed by atoms with Crippen LogP contribution in [0, 0.1) is 11.8 Å². The first-order valence-electron chi connectivity index (χ1n) is 12.8. The van der Waals surface area contributed by atoms with E-state index in [2.05, 4.69) is 14.9 Å². The number of carbonyl (C=O) groups is 1. The molecule has 0 spiro atoms. The molecule has 0 saturated heterocycles. The van der Waals surface area contributed by atoms with Crippen molar-refractivity contribution in [3.8, 4) is 5.19 Å². The number of amides is 1. The van der Waals surface area contributed by atoms with Gasteiger partial charge in [0.15, 0.2) is 0 Å². The SMILES string of the molecule is Cn1c(C(=O)N=CC2CCC(CCN3CCc4nc(OCCC(F)(F)F)sc4CC3)CC2)cccc1=O. The fraction of sp³-hybridized carbons (Fsp3) is 0.615. The molecule has 7 nitrogen and oxygen atoms in total. The van der Waals surface area contributed by atoms with Crippen LogP contribution in [0.25, 0.3) is 0 Å². The van der Waals surface area contributed by atoms with Gasteiger partial charge in [0.25, 0.3) is 16.7 Å². The summed E-state index contributed by atoms with van der Waals surface area (Å²) in [6.07, 6.45) is 3.57. The van der Waals surface area contributed by atoms with Gasteiger partial charge in [-0.25, -0.2) is 9.98 Å². The molecule has 2 aromatic heterocycles. The fourth-order valence-corrected chi connectivity index (χ4v) is 5.90. The number of alkyl halides is 3. The number of pyridine rings is 1. The Morgan fingerprint density at radius 3 is 2.73 bits per heavy atom. The summed E-state index contributed by atoms with van der Waals surface area (Å²) in [6, 6.07) is 4.60. The van der Waals surface area contributed by atoms with Crippen LogP contribution in [0.2, 0.25) is 0 Å². The zero-order chi connectivity index (χ0) is 26.4. The van der Waals surface area contributed by atoms with Crippen molar-refractivity contribution in [3.63, 3.8) is 0 Å². The molecule has 0 bridgehead atoms. The number of hydrogen-bond donors (Lipinski definition) is 0. The summed E-state index contributed by atoms with van der Waals surface area (Å²) < 4.78 is 43.5. The number of ether oxygens (including phenoxy) is 1. The van der Waals surface area contributed by atoms with E-state index in [4.69, 9.17) is 4.74 Å². The molecule has 1 aliphatic heterocycles. The van der Waals surface area contributed by atoms with E-state index in [1.807, 2.05) is 0 Å². The molecule has 2 aliphatic rings. The molecular formula is C26H33F3N4O3S. The average Bonchev–Trinajstić information content (AvgIpc) is 3.15. The lowest BCUT2D eigenvalue weighted by Gasteiger charge is -2.28. The standard InChI is InChI=1S/C26H33F3N4O3S/c1-32-21(3-2-4-23(32)34)24(35)30-17-19-7-5-18(6-8-19)9-13-33-14-10-20-22(11-15-33)37-25(31-20)36-16-12-26(27,28)29/h2-4,17-19H,5-16H2,1H3. The smallest absolute Gasteiger partial charge is 0.392 e. The topological polar surface area (TPSA) is 76.8 Å². The Morgan fingerprint density at radius 1 is 1.22 bits per heavy atom. The van der Waals surface area contributed by atoms with Crippen molar-refractivity contribution in [1.82, 2.24) is 14.5 Å². The highest BCUT2D eigenvalue weighted by Crippen LogP contribution is 2.32. The second kappa shape index (κ2) is 12.3. The maximum absolute atomic E-state index is 12.4. The highest BCUT2D eigenvalue weighted by molar-refractivity contribution is 7.13. The lowest BCUT2D eigenvalue weighted by atomic mass is 9.81. The third-order valence-electron chi connectivity index (χ3n) is 7.24. The molecule has 1 amide bonds. The summed E-state index contributed by atoms with van der Waals surface area (Å²) in [5, 5.41) is 0.345. The number of aromatic nitrogens is 2. The van der Waals surface area contributed by atoms with Crippen LogP contribution in [-0.4, -0.2) is 59.0 Å². The van der Waals surface area contributed by atoms with Gasteiger partial charge < -0.3 is 14.2 Å². The fourth-order valence-electron chi connectivity index (χ4n) is 4.93. The molecule has 1 fully saturated rings. The Bertz CT molecular complexity index is 1130. The lowest BCUT2D eigenvalue weighted by Crippen LogP contribution is -2.29. The van der Waals surface area contributed by atoms with Gasteiger partial charge in [0.2, 0.25) is 0 Å². The third kappa shape index (κ3) is 7.98. The quantitative estimate of drug-likeness (QED) is 0.456. The number of rotatable bonds is 8. The minimum absolute atomic E-state index is 0.225. The molecule has 1 aliphatic carbocycles. The van der Waals surface area contributed by atoms with Crippen LogP contribution in [0.4, 0.5) is 13.2 Å². The first-order valence-corrected chi connectivity index (χ1v) is 13.6. The van der Waals surface area contributed by atoms with E-state index in [1.165, 1.54) is 22.0 Å². The van der Waals surface area contributed by atoms with Crippen molar-refractivity contribution in [3.05, 3.63) is 44.8 Å². The van der Waals surface area contributed by atoms with Gasteiger partial charge in [0.05, 0.1) is 18.7 Å². The monoisotopic (exact) mass is 538 g/mol. The predicted molar refractivity (Wildman–Crippen MR) is 137 cm³/mol. The van der Waals surface area contributed by atoms with Crippen LogP contribution in [-0.2, 0) is 19.9 Å². The predicted octanol–water partition coefficient (Wildman–Crippen LogP) is 4.68. The van der Waals surface area contributed by atoms with Crippen molar-refractivity contribution in [1.29, 1.82) is 0 Å². The lowest BCUT2D eigenvalue weighted by molar-refractivity contribution is -0.139. The van der Waals surface area contributed by atoms with Crippen molar-refractivity contribution in [2.45, 2.75) is 57.5 Å². The van der Waals surface area contributed by atoms with Gasteiger partial charge in [-0.15, -0.1) is 0 Å². The minimum atomic E-state index is -4.22. The first-order chi connectivity index (χ1) is 17.7. The molecule has 3 heterocycles. The summed E-state index contributed by atoms with van der Waals surface area (Å²) >= 11 is 1.37. The van der Waals surface area contributed by atoms with Crippen molar-refractivity contribution in [2.24, 2.45) is 23.9 Å². The Hall–Kier alpha value is -2.53. The molecular weight excluding hydrogens is 505 g/mol. The zero-order valence-electron chi connectivity index (χ0n) is 21.0. The first kappa shape index (κ1) is 27.5. The Balaban J connectivity index is 1.16. The molecule has 2 aromatic rings. The Morgan fingerprint density at radius 2 is 1.97 bits per heavy atom. The van der Waals surface area contributed by atoms with Gasteiger partial charge in [-0.05, 0) is 63.0 Å². The highest BCUT2D eigenvalue weighted by atomic mass is 32.1. The number of carbonyl (C=O) groups excluding carboxylic acids is 1. The van der Waals surface area contributed by atoms with Crippen LogP contribution in [0.1, 0.15) is 59.6 Å². The second-order valence-corrected chi connectivity index (χ2v) is 10.9. The maximum Gasteiger partial charge on any atom is 0.392 e. The molecule has 4 rings (SSSR count). The van der Waals surface area contributed by atoms with Crippen LogP contribution >= 0.6 is 11.3 Å². The van der Waals surface area contributed by atoms with Gasteiger partial charge in [0, 0.05) is 43.7 Å². The molecule has 0 radical (unpaired) electrons. The summed E-state index contributed by atoms with van der Waals surface area (Å²) in [5.41, 5.74) is 1.03. The van der Waals surface area contributed by atoms with E-state index in [1.54, 1.807) is 25.4 Å². The number of hydrogen-bond acceptors (Lipinski definition) is 6. The van der Waals surface area contributed by atoms with Gasteiger partial charge in [0.1, 0.15) is 5.69 Å². The van der Waals surface area contributed by atoms with Gasteiger partial charge in [-0.2, -0.15) is 13.2 Å². The third-order valence-corrected chi connectivity index (χ3v) is 8.31. The van der Waals surface area contributed by atoms with Gasteiger partial charge in [-0.3, -0.25) is 9.59 Å². The number of aliphatic imine (C=N–C) groups is 1. The largest absolute Gasteiger partial charge is 0.470 e. The van der Waals surface area contributed by atoms with E-state index in [0.29, 0.717) is 16.8 Å². The second-order valence-electron chi connectivity index (χ2n) is 9.87. The molecule has 11 heteroatoms. The Kier molecular flexibility index (Phi) is 9.17. The maximum atomic E-state index is 12.4. The number of fused-ring (bicyclic) bond motifs is 1.